The first-order chi connectivity index (χ1) is 9.88. The standard InChI is InChI=1S/C15H20N4S/c1-20-14-6-2-5-13(14)17-9-12-10-18-19-15(12)11-4-3-7-16-8-11/h3-4,7-8,10,13-14,17H,2,5-6,9H2,1H3,(H,18,19). The molecule has 2 aromatic rings. The molecule has 2 N–H and O–H groups in total. The average molecular weight is 288 g/mol. The van der Waals surface area contributed by atoms with E-state index in [1.807, 2.05) is 30.2 Å². The molecule has 0 amide bonds. The van der Waals surface area contributed by atoms with Gasteiger partial charge < -0.3 is 5.32 Å². The summed E-state index contributed by atoms with van der Waals surface area (Å²) in [4.78, 5) is 4.17. The largest absolute Gasteiger partial charge is 0.309 e. The molecule has 0 aliphatic heterocycles. The molecule has 0 spiro atoms. The molecule has 0 radical (unpaired) electrons. The van der Waals surface area contributed by atoms with Crippen molar-refractivity contribution < 1.29 is 0 Å². The van der Waals surface area contributed by atoms with E-state index in [1.165, 1.54) is 24.8 Å². The fourth-order valence-corrected chi connectivity index (χ4v) is 3.85. The van der Waals surface area contributed by atoms with Crippen molar-refractivity contribution in [2.24, 2.45) is 0 Å². The van der Waals surface area contributed by atoms with Crippen LogP contribution in [0.4, 0.5) is 0 Å². The Morgan fingerprint density at radius 1 is 1.40 bits per heavy atom. The third-order valence-electron chi connectivity index (χ3n) is 3.98. The third-order valence-corrected chi connectivity index (χ3v) is 5.15. The first-order valence-corrected chi connectivity index (χ1v) is 8.36. The van der Waals surface area contributed by atoms with Gasteiger partial charge in [-0.3, -0.25) is 10.1 Å². The summed E-state index contributed by atoms with van der Waals surface area (Å²) in [5, 5.41) is 11.7. The summed E-state index contributed by atoms with van der Waals surface area (Å²) in [5.41, 5.74) is 3.38. The van der Waals surface area contributed by atoms with Crippen LogP contribution in [0.3, 0.4) is 0 Å². The van der Waals surface area contributed by atoms with Crippen molar-refractivity contribution in [3.05, 3.63) is 36.3 Å². The topological polar surface area (TPSA) is 53.6 Å². The molecule has 0 saturated heterocycles. The monoisotopic (exact) mass is 288 g/mol. The molecule has 2 atom stereocenters. The number of hydrogen-bond acceptors (Lipinski definition) is 4. The predicted octanol–water partition coefficient (Wildman–Crippen LogP) is 2.85. The van der Waals surface area contributed by atoms with Crippen LogP contribution in [0.1, 0.15) is 24.8 Å². The maximum absolute atomic E-state index is 4.18. The minimum atomic E-state index is 0.627. The van der Waals surface area contributed by atoms with Gasteiger partial charge in [0.15, 0.2) is 0 Å². The molecule has 1 aliphatic rings. The number of pyridine rings is 1. The summed E-state index contributed by atoms with van der Waals surface area (Å²) in [6.07, 6.45) is 11.7. The molecule has 2 unspecified atom stereocenters. The molecule has 106 valence electrons. The van der Waals surface area contributed by atoms with E-state index in [0.717, 1.165) is 23.1 Å². The Balaban J connectivity index is 1.68. The van der Waals surface area contributed by atoms with Crippen molar-refractivity contribution in [2.75, 3.05) is 6.26 Å². The third kappa shape index (κ3) is 2.88. The molecule has 2 aromatic heterocycles. The maximum atomic E-state index is 4.18. The Bertz CT molecular complexity index is 540. The number of rotatable bonds is 5. The van der Waals surface area contributed by atoms with Gasteiger partial charge in [0.2, 0.25) is 0 Å². The lowest BCUT2D eigenvalue weighted by molar-refractivity contribution is 0.533. The molecule has 1 aliphatic carbocycles. The molecule has 20 heavy (non-hydrogen) atoms. The van der Waals surface area contributed by atoms with Crippen LogP contribution >= 0.6 is 11.8 Å². The Labute approximate surface area is 123 Å². The van der Waals surface area contributed by atoms with Crippen LogP contribution in [-0.2, 0) is 6.54 Å². The maximum Gasteiger partial charge on any atom is 0.0710 e. The van der Waals surface area contributed by atoms with Gasteiger partial charge in [-0.05, 0) is 31.2 Å². The Morgan fingerprint density at radius 3 is 3.15 bits per heavy atom. The van der Waals surface area contributed by atoms with Gasteiger partial charge >= 0.3 is 0 Å². The highest BCUT2D eigenvalue weighted by molar-refractivity contribution is 7.99. The van der Waals surface area contributed by atoms with Gasteiger partial charge in [0.05, 0.1) is 11.9 Å². The van der Waals surface area contributed by atoms with E-state index in [-0.39, 0.29) is 0 Å². The SMILES string of the molecule is CSC1CCCC1NCc1cn[nH]c1-c1cccnc1. The summed E-state index contributed by atoms with van der Waals surface area (Å²) in [6, 6.07) is 4.64. The highest BCUT2D eigenvalue weighted by Crippen LogP contribution is 2.29. The van der Waals surface area contributed by atoms with Crippen LogP contribution in [0.15, 0.2) is 30.7 Å². The van der Waals surface area contributed by atoms with Crippen LogP contribution in [-0.4, -0.2) is 32.7 Å². The quantitative estimate of drug-likeness (QED) is 0.888. The summed E-state index contributed by atoms with van der Waals surface area (Å²) >= 11 is 1.98. The van der Waals surface area contributed by atoms with Crippen molar-refractivity contribution in [3.8, 4) is 11.3 Å². The summed E-state index contributed by atoms with van der Waals surface area (Å²) in [6.45, 7) is 0.864. The van der Waals surface area contributed by atoms with E-state index in [9.17, 15) is 0 Å². The molecule has 0 aromatic carbocycles. The van der Waals surface area contributed by atoms with E-state index in [1.54, 1.807) is 6.20 Å². The van der Waals surface area contributed by atoms with Gasteiger partial charge in [0.25, 0.3) is 0 Å². The molecular weight excluding hydrogens is 268 g/mol. The predicted molar refractivity (Wildman–Crippen MR) is 83.6 cm³/mol. The summed E-state index contributed by atoms with van der Waals surface area (Å²) in [5.74, 6) is 0. The van der Waals surface area contributed by atoms with Crippen LogP contribution in [0.2, 0.25) is 0 Å². The van der Waals surface area contributed by atoms with Gasteiger partial charge in [0.1, 0.15) is 0 Å². The smallest absolute Gasteiger partial charge is 0.0710 e. The van der Waals surface area contributed by atoms with Gasteiger partial charge in [-0.1, -0.05) is 6.42 Å². The second-order valence-corrected chi connectivity index (χ2v) is 6.28. The molecule has 0 bridgehead atoms. The highest BCUT2D eigenvalue weighted by Gasteiger charge is 2.26. The summed E-state index contributed by atoms with van der Waals surface area (Å²) < 4.78 is 0. The zero-order chi connectivity index (χ0) is 13.8. The lowest BCUT2D eigenvalue weighted by Gasteiger charge is -2.19. The van der Waals surface area contributed by atoms with E-state index < -0.39 is 0 Å². The van der Waals surface area contributed by atoms with Gasteiger partial charge in [-0.2, -0.15) is 16.9 Å². The van der Waals surface area contributed by atoms with Crippen molar-refractivity contribution in [1.29, 1.82) is 0 Å². The van der Waals surface area contributed by atoms with E-state index in [0.29, 0.717) is 6.04 Å². The molecular formula is C15H20N4S. The highest BCUT2D eigenvalue weighted by atomic mass is 32.2. The van der Waals surface area contributed by atoms with Crippen LogP contribution in [0.25, 0.3) is 11.3 Å². The number of thioether (sulfide) groups is 1. The van der Waals surface area contributed by atoms with Crippen LogP contribution in [0, 0.1) is 0 Å². The first-order valence-electron chi connectivity index (χ1n) is 7.07. The number of nitrogens with zero attached hydrogens (tertiary/aromatic N) is 2. The molecule has 1 saturated carbocycles. The van der Waals surface area contributed by atoms with Crippen LogP contribution < -0.4 is 5.32 Å². The molecule has 4 nitrogen and oxygen atoms in total. The molecule has 3 rings (SSSR count). The van der Waals surface area contributed by atoms with E-state index >= 15 is 0 Å². The summed E-state index contributed by atoms with van der Waals surface area (Å²) in [7, 11) is 0. The molecule has 2 heterocycles. The van der Waals surface area contributed by atoms with Crippen molar-refractivity contribution >= 4 is 11.8 Å². The zero-order valence-electron chi connectivity index (χ0n) is 11.7. The minimum absolute atomic E-state index is 0.627. The average Bonchev–Trinajstić information content (AvgIpc) is 3.14. The first kappa shape index (κ1) is 13.6. The second-order valence-electron chi connectivity index (χ2n) is 5.20. The lowest BCUT2D eigenvalue weighted by atomic mass is 10.1. The van der Waals surface area contributed by atoms with Crippen molar-refractivity contribution in [1.82, 2.24) is 20.5 Å². The number of aromatic amines is 1. The minimum Gasteiger partial charge on any atom is -0.309 e. The lowest BCUT2D eigenvalue weighted by Crippen LogP contribution is -2.33. The molecule has 1 fully saturated rings. The Hall–Kier alpha value is -1.33. The Kier molecular flexibility index (Phi) is 4.38. The number of aromatic nitrogens is 3. The second kappa shape index (κ2) is 6.41. The van der Waals surface area contributed by atoms with Gasteiger partial charge in [-0.15, -0.1) is 0 Å². The molecule has 5 heteroatoms. The number of nitrogens with one attached hydrogen (secondary N) is 2. The number of hydrogen-bond donors (Lipinski definition) is 2. The van der Waals surface area contributed by atoms with Crippen LogP contribution in [0.5, 0.6) is 0 Å². The normalized spacial score (nSPS) is 22.2. The zero-order valence-corrected chi connectivity index (χ0v) is 12.5. The number of H-pyrrole nitrogens is 1. The van der Waals surface area contributed by atoms with E-state index in [2.05, 4.69) is 32.8 Å². The van der Waals surface area contributed by atoms with Gasteiger partial charge in [0, 0.05) is 41.4 Å². The fourth-order valence-electron chi connectivity index (χ4n) is 2.89. The van der Waals surface area contributed by atoms with Crippen molar-refractivity contribution in [2.45, 2.75) is 37.1 Å². The van der Waals surface area contributed by atoms with Gasteiger partial charge in [-0.25, -0.2) is 0 Å². The Morgan fingerprint density at radius 2 is 2.35 bits per heavy atom. The van der Waals surface area contributed by atoms with E-state index in [4.69, 9.17) is 0 Å². The van der Waals surface area contributed by atoms with Crippen molar-refractivity contribution in [3.63, 3.8) is 0 Å². The fraction of sp³-hybridized carbons (Fsp3) is 0.467.